The molecule has 12 heteroatoms. The van der Waals surface area contributed by atoms with Gasteiger partial charge < -0.3 is 25.3 Å². The Bertz CT molecular complexity index is 1660. The summed E-state index contributed by atoms with van der Waals surface area (Å²) in [5, 5.41) is 4.33. The van der Waals surface area contributed by atoms with Crippen molar-refractivity contribution in [2.24, 2.45) is 5.73 Å². The van der Waals surface area contributed by atoms with Gasteiger partial charge in [-0.15, -0.1) is 0 Å². The summed E-state index contributed by atoms with van der Waals surface area (Å²) in [6, 6.07) is 5.37. The van der Waals surface area contributed by atoms with E-state index in [0.717, 1.165) is 29.5 Å². The molecule has 11 nitrogen and oxygen atoms in total. The van der Waals surface area contributed by atoms with Gasteiger partial charge in [-0.3, -0.25) is 0 Å². The van der Waals surface area contributed by atoms with Crippen LogP contribution in [0.3, 0.4) is 0 Å². The third-order valence-electron chi connectivity index (χ3n) is 8.81. The number of aromatic nitrogens is 3. The van der Waals surface area contributed by atoms with Crippen molar-refractivity contribution in [1.29, 1.82) is 0 Å². The second-order valence-electron chi connectivity index (χ2n) is 12.3. The van der Waals surface area contributed by atoms with Gasteiger partial charge in [-0.25, -0.2) is 28.2 Å². The smallest absolute Gasteiger partial charge is 0.340 e. The fraction of sp³-hybridized carbons (Fsp3) is 0.517. The lowest BCUT2D eigenvalue weighted by Gasteiger charge is -2.39. The van der Waals surface area contributed by atoms with Crippen LogP contribution in [-0.2, 0) is 30.3 Å². The Kier molecular flexibility index (Phi) is 6.33. The van der Waals surface area contributed by atoms with Gasteiger partial charge in [-0.2, -0.15) is 0 Å². The zero-order chi connectivity index (χ0) is 29.4. The van der Waals surface area contributed by atoms with Crippen LogP contribution in [0.5, 0.6) is 5.88 Å². The highest BCUT2D eigenvalue weighted by molar-refractivity contribution is 7.91. The van der Waals surface area contributed by atoms with Gasteiger partial charge in [0.15, 0.2) is 9.84 Å². The van der Waals surface area contributed by atoms with Crippen LogP contribution in [0, 0.1) is 0 Å². The Morgan fingerprint density at radius 2 is 1.88 bits per heavy atom. The Morgan fingerprint density at radius 3 is 2.54 bits per heavy atom. The first-order valence-corrected chi connectivity index (χ1v) is 15.6. The van der Waals surface area contributed by atoms with Crippen molar-refractivity contribution in [3.63, 3.8) is 0 Å². The highest BCUT2D eigenvalue weighted by Crippen LogP contribution is 2.59. The first-order chi connectivity index (χ1) is 19.2. The molecule has 2 aliphatic carbocycles. The summed E-state index contributed by atoms with van der Waals surface area (Å²) < 4.78 is 41.0. The van der Waals surface area contributed by atoms with Gasteiger partial charge in [0.25, 0.3) is 0 Å². The summed E-state index contributed by atoms with van der Waals surface area (Å²) >= 11 is 0. The number of carbonyl (C=O) groups is 1. The van der Waals surface area contributed by atoms with Crippen LogP contribution in [0.1, 0.15) is 68.1 Å². The van der Waals surface area contributed by atoms with Crippen molar-refractivity contribution < 1.29 is 27.4 Å². The second kappa shape index (κ2) is 9.33. The molecule has 1 spiro atoms. The molecule has 0 amide bonds. The molecule has 0 bridgehead atoms. The lowest BCUT2D eigenvalue weighted by molar-refractivity contribution is -0.0285. The van der Waals surface area contributed by atoms with Crippen LogP contribution in [0.4, 0.5) is 11.6 Å². The number of rotatable bonds is 8. The number of nitrogens with one attached hydrogen (secondary N) is 1. The normalized spacial score (nSPS) is 23.7. The molecule has 6 rings (SSSR count). The molecule has 3 aromatic rings. The first-order valence-electron chi connectivity index (χ1n) is 13.7. The number of carbonyl (C=O) groups excluding carboxylic acids is 1. The maximum absolute atomic E-state index is 12.7. The predicted octanol–water partition coefficient (Wildman–Crippen LogP) is 3.52. The van der Waals surface area contributed by atoms with E-state index in [1.54, 1.807) is 31.6 Å². The van der Waals surface area contributed by atoms with Crippen molar-refractivity contribution >= 4 is 38.2 Å². The molecule has 2 saturated carbocycles. The molecule has 0 radical (unpaired) electrons. The minimum absolute atomic E-state index is 0.248. The van der Waals surface area contributed by atoms with Gasteiger partial charge in [-0.1, -0.05) is 0 Å². The Hall–Kier alpha value is -3.35. The number of sulfone groups is 1. The molecule has 41 heavy (non-hydrogen) atoms. The SMILES string of the molecule is COC[C@@](C)(N)c1cnc(O[C@H]2C[C@@H](S(C)(=O)=O)C2)c2cnc(Nc3ccc4c(n3)C3(CC3)C(C)(C)OC4=O)cc12. The highest BCUT2D eigenvalue weighted by atomic mass is 32.2. The van der Waals surface area contributed by atoms with E-state index in [0.29, 0.717) is 41.3 Å². The third-order valence-corrected chi connectivity index (χ3v) is 10.4. The van der Waals surface area contributed by atoms with Crippen molar-refractivity contribution in [3.05, 3.63) is 47.4 Å². The van der Waals surface area contributed by atoms with Crippen molar-refractivity contribution in [1.82, 2.24) is 15.0 Å². The molecule has 218 valence electrons. The molecule has 1 atom stereocenters. The fourth-order valence-electron chi connectivity index (χ4n) is 6.05. The Balaban J connectivity index is 1.35. The van der Waals surface area contributed by atoms with Crippen molar-refractivity contribution in [3.8, 4) is 5.88 Å². The molecule has 3 N–H and O–H groups in total. The highest BCUT2D eigenvalue weighted by Gasteiger charge is 2.63. The van der Waals surface area contributed by atoms with Gasteiger partial charge >= 0.3 is 5.97 Å². The molecule has 0 unspecified atom stereocenters. The van der Waals surface area contributed by atoms with E-state index < -0.39 is 26.2 Å². The Morgan fingerprint density at radius 1 is 1.15 bits per heavy atom. The Labute approximate surface area is 239 Å². The number of hydrogen-bond donors (Lipinski definition) is 2. The van der Waals surface area contributed by atoms with Crippen molar-refractivity contribution in [2.75, 3.05) is 25.3 Å². The van der Waals surface area contributed by atoms with Crippen molar-refractivity contribution in [2.45, 2.75) is 74.4 Å². The first kappa shape index (κ1) is 27.8. The lowest BCUT2D eigenvalue weighted by atomic mass is 9.80. The topological polar surface area (TPSA) is 156 Å². The molecule has 0 saturated heterocycles. The molecule has 4 heterocycles. The summed E-state index contributed by atoms with van der Waals surface area (Å²) in [7, 11) is -1.51. The summed E-state index contributed by atoms with van der Waals surface area (Å²) in [4.78, 5) is 26.7. The largest absolute Gasteiger partial charge is 0.474 e. The summed E-state index contributed by atoms with van der Waals surface area (Å²) in [5.74, 6) is 1.11. The quantitative estimate of drug-likeness (QED) is 0.375. The molecular formula is C29H35N5O6S. The van der Waals surface area contributed by atoms with Gasteiger partial charge in [-0.05, 0) is 57.2 Å². The van der Waals surface area contributed by atoms with Crippen LogP contribution < -0.4 is 15.8 Å². The number of fused-ring (bicyclic) bond motifs is 3. The number of nitrogens with zero attached hydrogens (tertiary/aromatic N) is 3. The second-order valence-corrected chi connectivity index (χ2v) is 14.6. The van der Waals surface area contributed by atoms with Crippen LogP contribution in [0.15, 0.2) is 30.6 Å². The van der Waals surface area contributed by atoms with Gasteiger partial charge in [0.05, 0.1) is 39.5 Å². The molecule has 3 aliphatic rings. The maximum atomic E-state index is 12.7. The lowest BCUT2D eigenvalue weighted by Crippen LogP contribution is -2.46. The number of hydrogen-bond acceptors (Lipinski definition) is 11. The standard InChI is InChI=1S/C29H35N5O6S/c1-27(2)29(8-9-29)24-18(26(35)40-27)6-7-22(34-24)33-23-12-19-20(13-31-23)25(32-14-21(19)28(3,30)15-38-4)39-16-10-17(11-16)41(5,36)37/h6-7,12-14,16-17H,8-11,15,30H2,1-5H3,(H,31,33,34)/t16-,17+,28-/m1/s1. The number of anilines is 2. The van der Waals surface area contributed by atoms with E-state index in [9.17, 15) is 13.2 Å². The number of esters is 1. The average molecular weight is 582 g/mol. The van der Waals surface area contributed by atoms with E-state index in [4.69, 9.17) is 24.9 Å². The predicted molar refractivity (Wildman–Crippen MR) is 153 cm³/mol. The van der Waals surface area contributed by atoms with E-state index in [-0.39, 0.29) is 24.1 Å². The van der Waals surface area contributed by atoms with E-state index in [1.165, 1.54) is 6.26 Å². The van der Waals surface area contributed by atoms with E-state index in [1.807, 2.05) is 26.8 Å². The van der Waals surface area contributed by atoms with Crippen LogP contribution in [-0.4, -0.2) is 66.3 Å². The monoisotopic (exact) mass is 581 g/mol. The third kappa shape index (κ3) is 4.71. The van der Waals surface area contributed by atoms with Crippen LogP contribution in [0.25, 0.3) is 10.8 Å². The molecule has 0 aromatic carbocycles. The number of pyridine rings is 3. The molecular weight excluding hydrogens is 546 g/mol. The van der Waals surface area contributed by atoms with Crippen LogP contribution in [0.2, 0.25) is 0 Å². The van der Waals surface area contributed by atoms with Gasteiger partial charge in [0.1, 0.15) is 23.3 Å². The minimum atomic E-state index is -3.10. The summed E-state index contributed by atoms with van der Waals surface area (Å²) in [6.45, 7) is 6.01. The number of cyclic esters (lactones) is 1. The van der Waals surface area contributed by atoms with Gasteiger partial charge in [0, 0.05) is 44.2 Å². The van der Waals surface area contributed by atoms with E-state index >= 15 is 0 Å². The van der Waals surface area contributed by atoms with Gasteiger partial charge in [0.2, 0.25) is 5.88 Å². The fourth-order valence-corrected chi connectivity index (χ4v) is 7.18. The summed E-state index contributed by atoms with van der Waals surface area (Å²) in [6.07, 6.45) is 7.00. The number of nitrogens with two attached hydrogens (primary N) is 1. The number of ether oxygens (including phenoxy) is 3. The maximum Gasteiger partial charge on any atom is 0.340 e. The van der Waals surface area contributed by atoms with Crippen LogP contribution >= 0.6 is 0 Å². The molecule has 1 aliphatic heterocycles. The number of methoxy groups -OCH3 is 1. The summed E-state index contributed by atoms with van der Waals surface area (Å²) in [5.41, 5.74) is 6.89. The zero-order valence-electron chi connectivity index (χ0n) is 23.9. The van der Waals surface area contributed by atoms with E-state index in [2.05, 4.69) is 15.3 Å². The minimum Gasteiger partial charge on any atom is -0.474 e. The zero-order valence-corrected chi connectivity index (χ0v) is 24.7. The average Bonchev–Trinajstić information content (AvgIpc) is 3.66. The molecule has 3 aromatic heterocycles. The molecule has 2 fully saturated rings.